The molecule has 25 heavy (non-hydrogen) atoms. The highest BCUT2D eigenvalue weighted by atomic mass is 32.1. The van der Waals surface area contributed by atoms with Gasteiger partial charge in [0.15, 0.2) is 0 Å². The van der Waals surface area contributed by atoms with E-state index >= 15 is 0 Å². The van der Waals surface area contributed by atoms with E-state index in [9.17, 15) is 0 Å². The van der Waals surface area contributed by atoms with E-state index in [1.54, 1.807) is 11.3 Å². The number of likely N-dealkylation sites (tertiary alicyclic amines) is 1. The Hall–Kier alpha value is -1.73. The molecule has 2 unspecified atom stereocenters. The van der Waals surface area contributed by atoms with E-state index in [1.807, 2.05) is 19.2 Å². The minimum absolute atomic E-state index is 0.149. The number of thiazole rings is 1. The van der Waals surface area contributed by atoms with Gasteiger partial charge in [-0.05, 0) is 33.1 Å². The molecule has 2 aromatic heterocycles. The fourth-order valence-electron chi connectivity index (χ4n) is 3.31. The molecule has 6 nitrogen and oxygen atoms in total. The van der Waals surface area contributed by atoms with Gasteiger partial charge in [0.1, 0.15) is 18.5 Å². The Balaban J connectivity index is 1.34. The lowest BCUT2D eigenvalue weighted by molar-refractivity contribution is 0.113. The second-order valence-electron chi connectivity index (χ2n) is 6.96. The second kappa shape index (κ2) is 7.25. The van der Waals surface area contributed by atoms with Gasteiger partial charge in [-0.25, -0.2) is 15.0 Å². The molecular formula is C18H24N4O2S. The first-order valence-corrected chi connectivity index (χ1v) is 9.78. The van der Waals surface area contributed by atoms with Gasteiger partial charge in [0.25, 0.3) is 0 Å². The summed E-state index contributed by atoms with van der Waals surface area (Å²) in [5.74, 6) is 1.23. The van der Waals surface area contributed by atoms with Crippen LogP contribution >= 0.6 is 11.3 Å². The molecule has 2 aromatic rings. The van der Waals surface area contributed by atoms with Crippen LogP contribution in [-0.4, -0.2) is 44.6 Å². The maximum Gasteiger partial charge on any atom is 0.220 e. The highest BCUT2D eigenvalue weighted by molar-refractivity contribution is 7.11. The fraction of sp³-hybridized carbons (Fsp3) is 0.611. The van der Waals surface area contributed by atoms with Crippen LogP contribution in [0.5, 0.6) is 11.8 Å². The zero-order valence-corrected chi connectivity index (χ0v) is 15.5. The van der Waals surface area contributed by atoms with Crippen LogP contribution in [0, 0.1) is 6.92 Å². The van der Waals surface area contributed by atoms with Gasteiger partial charge in [-0.1, -0.05) is 0 Å². The number of aromatic nitrogens is 3. The summed E-state index contributed by atoms with van der Waals surface area (Å²) in [6.45, 7) is 6.14. The summed E-state index contributed by atoms with van der Waals surface area (Å²) in [5.41, 5.74) is 0. The van der Waals surface area contributed by atoms with Crippen LogP contribution in [0.2, 0.25) is 0 Å². The van der Waals surface area contributed by atoms with Crippen molar-refractivity contribution in [3.8, 4) is 11.8 Å². The molecule has 7 heteroatoms. The van der Waals surface area contributed by atoms with Gasteiger partial charge < -0.3 is 9.47 Å². The van der Waals surface area contributed by atoms with E-state index in [0.29, 0.717) is 23.9 Å². The van der Waals surface area contributed by atoms with Gasteiger partial charge in [-0.15, -0.1) is 11.3 Å². The predicted molar refractivity (Wildman–Crippen MR) is 96.1 cm³/mol. The van der Waals surface area contributed by atoms with Gasteiger partial charge >= 0.3 is 0 Å². The fourth-order valence-corrected chi connectivity index (χ4v) is 4.13. The van der Waals surface area contributed by atoms with Crippen LogP contribution in [-0.2, 0) is 6.54 Å². The first kappa shape index (κ1) is 16.7. The zero-order chi connectivity index (χ0) is 17.2. The van der Waals surface area contributed by atoms with Gasteiger partial charge in [0.2, 0.25) is 11.8 Å². The molecule has 0 N–H and O–H groups in total. The van der Waals surface area contributed by atoms with Crippen LogP contribution in [0.25, 0.3) is 0 Å². The largest absolute Gasteiger partial charge is 0.474 e. The Bertz CT molecular complexity index is 719. The van der Waals surface area contributed by atoms with Gasteiger partial charge in [-0.3, -0.25) is 4.90 Å². The molecule has 134 valence electrons. The molecule has 1 aliphatic carbocycles. The summed E-state index contributed by atoms with van der Waals surface area (Å²) in [6.07, 6.45) is 8.45. The average Bonchev–Trinajstić information content (AvgIpc) is 3.10. The zero-order valence-electron chi connectivity index (χ0n) is 14.7. The standard InChI is InChI=1S/C18H24N4O2S/c1-12-6-15(9-22(12)10-16-8-19-13(2)25-16)24-18-7-17(20-11-21-18)23-14-4-3-5-14/h7-8,11-12,14-15H,3-6,9-10H2,1-2H3. The topological polar surface area (TPSA) is 60.4 Å². The van der Waals surface area contributed by atoms with Crippen molar-refractivity contribution >= 4 is 11.3 Å². The molecule has 2 aliphatic rings. The summed E-state index contributed by atoms with van der Waals surface area (Å²) in [7, 11) is 0. The molecule has 2 fully saturated rings. The van der Waals surface area contributed by atoms with Crippen LogP contribution in [0.4, 0.5) is 0 Å². The van der Waals surface area contributed by atoms with E-state index in [2.05, 4.69) is 26.8 Å². The molecule has 0 bridgehead atoms. The molecule has 0 aromatic carbocycles. The Kier molecular flexibility index (Phi) is 4.85. The van der Waals surface area contributed by atoms with E-state index in [-0.39, 0.29) is 6.10 Å². The Morgan fingerprint density at radius 2 is 1.92 bits per heavy atom. The quantitative estimate of drug-likeness (QED) is 0.788. The number of nitrogens with zero attached hydrogens (tertiary/aromatic N) is 4. The monoisotopic (exact) mass is 360 g/mol. The number of rotatable bonds is 6. The maximum atomic E-state index is 6.11. The first-order valence-electron chi connectivity index (χ1n) is 8.96. The highest BCUT2D eigenvalue weighted by Crippen LogP contribution is 2.28. The molecular weight excluding hydrogens is 336 g/mol. The van der Waals surface area contributed by atoms with E-state index < -0.39 is 0 Å². The van der Waals surface area contributed by atoms with Crippen LogP contribution < -0.4 is 9.47 Å². The Morgan fingerprint density at radius 3 is 2.56 bits per heavy atom. The summed E-state index contributed by atoms with van der Waals surface area (Å²) >= 11 is 1.77. The average molecular weight is 360 g/mol. The minimum atomic E-state index is 0.149. The van der Waals surface area contributed by atoms with Gasteiger partial charge in [0, 0.05) is 36.6 Å². The minimum Gasteiger partial charge on any atom is -0.474 e. The van der Waals surface area contributed by atoms with E-state index in [4.69, 9.17) is 9.47 Å². The van der Waals surface area contributed by atoms with Crippen LogP contribution in [0.15, 0.2) is 18.6 Å². The summed E-state index contributed by atoms with van der Waals surface area (Å²) in [6, 6.07) is 2.30. The molecule has 2 atom stereocenters. The van der Waals surface area contributed by atoms with Gasteiger partial charge in [0.05, 0.1) is 11.1 Å². The Labute approximate surface area is 152 Å². The second-order valence-corrected chi connectivity index (χ2v) is 8.28. The van der Waals surface area contributed by atoms with Crippen molar-refractivity contribution in [1.29, 1.82) is 0 Å². The van der Waals surface area contributed by atoms with Crippen molar-refractivity contribution in [1.82, 2.24) is 19.9 Å². The number of hydrogen-bond donors (Lipinski definition) is 0. The van der Waals surface area contributed by atoms with Crippen molar-refractivity contribution in [3.05, 3.63) is 28.5 Å². The van der Waals surface area contributed by atoms with Crippen molar-refractivity contribution in [2.75, 3.05) is 6.54 Å². The predicted octanol–water partition coefficient (Wildman–Crippen LogP) is 3.21. The molecule has 4 rings (SSSR count). The normalized spacial score (nSPS) is 24.2. The molecule has 0 spiro atoms. The lowest BCUT2D eigenvalue weighted by Gasteiger charge is -2.25. The van der Waals surface area contributed by atoms with Crippen LogP contribution in [0.3, 0.4) is 0 Å². The third-order valence-corrected chi connectivity index (χ3v) is 5.84. The number of aryl methyl sites for hydroxylation is 1. The maximum absolute atomic E-state index is 6.11. The molecule has 1 aliphatic heterocycles. The lowest BCUT2D eigenvalue weighted by Crippen LogP contribution is -2.27. The first-order chi connectivity index (χ1) is 12.2. The highest BCUT2D eigenvalue weighted by Gasteiger charge is 2.31. The number of hydrogen-bond acceptors (Lipinski definition) is 7. The van der Waals surface area contributed by atoms with Crippen molar-refractivity contribution in [3.63, 3.8) is 0 Å². The summed E-state index contributed by atoms with van der Waals surface area (Å²) in [5, 5.41) is 1.12. The van der Waals surface area contributed by atoms with Crippen molar-refractivity contribution in [2.24, 2.45) is 0 Å². The van der Waals surface area contributed by atoms with E-state index in [0.717, 1.165) is 37.4 Å². The summed E-state index contributed by atoms with van der Waals surface area (Å²) in [4.78, 5) is 16.5. The molecule has 1 saturated carbocycles. The lowest BCUT2D eigenvalue weighted by atomic mass is 9.96. The summed E-state index contributed by atoms with van der Waals surface area (Å²) < 4.78 is 11.9. The molecule has 0 radical (unpaired) electrons. The molecule has 1 saturated heterocycles. The van der Waals surface area contributed by atoms with E-state index in [1.165, 1.54) is 17.6 Å². The third kappa shape index (κ3) is 4.10. The third-order valence-electron chi connectivity index (χ3n) is 4.94. The molecule has 0 amide bonds. The molecule has 3 heterocycles. The van der Waals surface area contributed by atoms with Crippen molar-refractivity contribution < 1.29 is 9.47 Å². The SMILES string of the molecule is Cc1ncc(CN2CC(Oc3cc(OC4CCC4)ncn3)CC2C)s1. The Morgan fingerprint density at radius 1 is 1.16 bits per heavy atom. The van der Waals surface area contributed by atoms with Crippen molar-refractivity contribution in [2.45, 2.75) is 64.3 Å². The van der Waals surface area contributed by atoms with Gasteiger partial charge in [-0.2, -0.15) is 0 Å². The van der Waals surface area contributed by atoms with Crippen LogP contribution in [0.1, 0.15) is 42.5 Å². The number of ether oxygens (including phenoxy) is 2. The smallest absolute Gasteiger partial charge is 0.220 e.